The lowest BCUT2D eigenvalue weighted by molar-refractivity contribution is 0.296. The fourth-order valence-corrected chi connectivity index (χ4v) is 3.77. The van der Waals surface area contributed by atoms with Crippen LogP contribution in [0.4, 0.5) is 0 Å². The van der Waals surface area contributed by atoms with Crippen molar-refractivity contribution in [1.29, 1.82) is 5.41 Å². The number of rotatable bonds is 6. The molecule has 3 aliphatic rings. The lowest BCUT2D eigenvalue weighted by atomic mass is 9.84. The molecule has 0 aromatic heterocycles. The van der Waals surface area contributed by atoms with Crippen molar-refractivity contribution < 1.29 is 0 Å². The quantitative estimate of drug-likeness (QED) is 0.649. The zero-order valence-electron chi connectivity index (χ0n) is 15.0. The van der Waals surface area contributed by atoms with E-state index in [0.29, 0.717) is 6.04 Å². The normalized spacial score (nSPS) is 31.8. The molecule has 2 aliphatic carbocycles. The van der Waals surface area contributed by atoms with Gasteiger partial charge in [-0.25, -0.2) is 4.99 Å². The van der Waals surface area contributed by atoms with Gasteiger partial charge < -0.3 is 16.5 Å². The highest BCUT2D eigenvalue weighted by atomic mass is 15.0. The molecule has 1 aliphatic heterocycles. The first-order chi connectivity index (χ1) is 12.1. The van der Waals surface area contributed by atoms with Crippen molar-refractivity contribution in [2.24, 2.45) is 21.6 Å². The molecule has 5 heteroatoms. The molecule has 0 saturated heterocycles. The number of nitrogens with two attached hydrogens (primary N) is 1. The van der Waals surface area contributed by atoms with Crippen LogP contribution in [0.5, 0.6) is 0 Å². The van der Waals surface area contributed by atoms with Crippen LogP contribution in [0.2, 0.25) is 0 Å². The van der Waals surface area contributed by atoms with Gasteiger partial charge in [-0.15, -0.1) is 0 Å². The number of aliphatic imine (C=N–C) groups is 2. The molecule has 0 aromatic carbocycles. The molecule has 0 aromatic rings. The summed E-state index contributed by atoms with van der Waals surface area (Å²) in [5.74, 6) is 0.785. The molecule has 5 nitrogen and oxygen atoms in total. The number of fused-ring (bicyclic) bond motifs is 1. The zero-order valence-corrected chi connectivity index (χ0v) is 15.0. The Labute approximate surface area is 150 Å². The van der Waals surface area contributed by atoms with Gasteiger partial charge in [0.15, 0.2) is 0 Å². The average Bonchev–Trinajstić information content (AvgIpc) is 2.63. The van der Waals surface area contributed by atoms with Gasteiger partial charge in [-0.05, 0) is 64.0 Å². The Morgan fingerprint density at radius 3 is 2.92 bits per heavy atom. The van der Waals surface area contributed by atoms with Crippen molar-refractivity contribution in [2.45, 2.75) is 57.0 Å². The van der Waals surface area contributed by atoms with Crippen LogP contribution in [0, 0.1) is 11.3 Å². The largest absolute Gasteiger partial charge is 0.388 e. The van der Waals surface area contributed by atoms with E-state index in [4.69, 9.17) is 21.1 Å². The molecule has 1 unspecified atom stereocenters. The highest BCUT2D eigenvalue weighted by Crippen LogP contribution is 2.32. The van der Waals surface area contributed by atoms with Crippen LogP contribution in [-0.4, -0.2) is 36.3 Å². The highest BCUT2D eigenvalue weighted by molar-refractivity contribution is 6.44. The van der Waals surface area contributed by atoms with E-state index >= 15 is 0 Å². The number of hydrogen-bond donors (Lipinski definition) is 3. The summed E-state index contributed by atoms with van der Waals surface area (Å²) in [6.45, 7) is 2.90. The predicted octanol–water partition coefficient (Wildman–Crippen LogP) is 3.14. The predicted molar refractivity (Wildman–Crippen MR) is 106 cm³/mol. The third-order valence-corrected chi connectivity index (χ3v) is 5.52. The molecule has 1 atom stereocenters. The third-order valence-electron chi connectivity index (χ3n) is 5.52. The van der Waals surface area contributed by atoms with Crippen molar-refractivity contribution in [3.8, 4) is 0 Å². The summed E-state index contributed by atoms with van der Waals surface area (Å²) in [5, 5.41) is 11.3. The Morgan fingerprint density at radius 1 is 1.40 bits per heavy atom. The first-order valence-corrected chi connectivity index (χ1v) is 9.33. The maximum Gasteiger partial charge on any atom is 0.103 e. The van der Waals surface area contributed by atoms with Crippen LogP contribution in [-0.2, 0) is 0 Å². The maximum atomic E-state index is 7.76. The topological polar surface area (TPSA) is 86.6 Å². The van der Waals surface area contributed by atoms with E-state index in [2.05, 4.69) is 18.3 Å². The first kappa shape index (κ1) is 17.8. The second kappa shape index (κ2) is 7.91. The van der Waals surface area contributed by atoms with Crippen molar-refractivity contribution >= 4 is 18.1 Å². The van der Waals surface area contributed by atoms with Gasteiger partial charge in [-0.3, -0.25) is 4.99 Å². The molecule has 134 valence electrons. The minimum Gasteiger partial charge on any atom is -0.388 e. The molecule has 1 fully saturated rings. The van der Waals surface area contributed by atoms with E-state index < -0.39 is 0 Å². The summed E-state index contributed by atoms with van der Waals surface area (Å²) in [6, 6.07) is 0.479. The van der Waals surface area contributed by atoms with Crippen LogP contribution in [0.1, 0.15) is 45.4 Å². The number of allylic oxidation sites excluding steroid dienone is 3. The van der Waals surface area contributed by atoms with Gasteiger partial charge in [0.05, 0.1) is 11.4 Å². The molecule has 1 saturated carbocycles. The SMILES string of the molecule is CC12CC=CC=C1N=C(/C(C=N)=C/NC1CCC(CCN)CC1)C=N2. The molecule has 25 heavy (non-hydrogen) atoms. The monoisotopic (exact) mass is 339 g/mol. The second-order valence-corrected chi connectivity index (χ2v) is 7.42. The van der Waals surface area contributed by atoms with Crippen LogP contribution < -0.4 is 11.1 Å². The summed E-state index contributed by atoms with van der Waals surface area (Å²) >= 11 is 0. The molecule has 3 rings (SSSR count). The molecule has 1 heterocycles. The minimum atomic E-state index is -0.250. The standard InChI is InChI=1S/C20H29N5/c1-20-10-3-2-4-19(20)25-18(14-24-20)16(12-22)13-23-17-7-5-15(6-8-17)9-11-21/h2-4,12-15,17,22-23H,5-11,21H2,1H3/b16-13+,22-12?. The van der Waals surface area contributed by atoms with Crippen molar-refractivity contribution in [3.63, 3.8) is 0 Å². The van der Waals surface area contributed by atoms with Gasteiger partial charge in [0, 0.05) is 30.2 Å². The van der Waals surface area contributed by atoms with E-state index in [0.717, 1.165) is 42.3 Å². The Balaban J connectivity index is 1.64. The fourth-order valence-electron chi connectivity index (χ4n) is 3.77. The number of nitrogens with one attached hydrogen (secondary N) is 2. The molecule has 0 bridgehead atoms. The Morgan fingerprint density at radius 2 is 2.20 bits per heavy atom. The summed E-state index contributed by atoms with van der Waals surface area (Å²) in [6.07, 6.45) is 18.1. The maximum absolute atomic E-state index is 7.76. The van der Waals surface area contributed by atoms with Gasteiger partial charge in [0.2, 0.25) is 0 Å². The summed E-state index contributed by atoms with van der Waals surface area (Å²) in [5.41, 5.74) is 7.93. The summed E-state index contributed by atoms with van der Waals surface area (Å²) in [4.78, 5) is 9.45. The minimum absolute atomic E-state index is 0.250. The van der Waals surface area contributed by atoms with Crippen LogP contribution >= 0.6 is 0 Å². The zero-order chi connectivity index (χ0) is 17.7. The van der Waals surface area contributed by atoms with E-state index in [1.165, 1.54) is 31.9 Å². The molecular formula is C20H29N5. The second-order valence-electron chi connectivity index (χ2n) is 7.42. The van der Waals surface area contributed by atoms with Gasteiger partial charge in [0.25, 0.3) is 0 Å². The lowest BCUT2D eigenvalue weighted by Gasteiger charge is -2.30. The number of nitrogens with zero attached hydrogens (tertiary/aromatic N) is 2. The van der Waals surface area contributed by atoms with Crippen LogP contribution in [0.15, 0.2) is 45.7 Å². The van der Waals surface area contributed by atoms with E-state index in [1.54, 1.807) is 0 Å². The van der Waals surface area contributed by atoms with Crippen molar-refractivity contribution in [3.05, 3.63) is 35.7 Å². The Bertz CT molecular complexity index is 647. The van der Waals surface area contributed by atoms with E-state index in [1.807, 2.05) is 24.6 Å². The Kier molecular flexibility index (Phi) is 5.63. The highest BCUT2D eigenvalue weighted by Gasteiger charge is 2.31. The molecule has 0 amide bonds. The molecule has 4 N–H and O–H groups in total. The third kappa shape index (κ3) is 4.15. The van der Waals surface area contributed by atoms with Crippen LogP contribution in [0.25, 0.3) is 0 Å². The molecule has 0 radical (unpaired) electrons. The molecule has 0 spiro atoms. The summed E-state index contributed by atoms with van der Waals surface area (Å²) in [7, 11) is 0. The average molecular weight is 339 g/mol. The van der Waals surface area contributed by atoms with Gasteiger partial charge in [-0.2, -0.15) is 0 Å². The lowest BCUT2D eigenvalue weighted by Crippen LogP contribution is -2.32. The Hall–Kier alpha value is -2.01. The smallest absolute Gasteiger partial charge is 0.103 e. The summed E-state index contributed by atoms with van der Waals surface area (Å²) < 4.78 is 0. The first-order valence-electron chi connectivity index (χ1n) is 9.33. The van der Waals surface area contributed by atoms with Gasteiger partial charge >= 0.3 is 0 Å². The van der Waals surface area contributed by atoms with Crippen molar-refractivity contribution in [1.82, 2.24) is 5.32 Å². The van der Waals surface area contributed by atoms with Crippen LogP contribution in [0.3, 0.4) is 0 Å². The fraction of sp³-hybridized carbons (Fsp3) is 0.550. The molecular weight excluding hydrogens is 310 g/mol. The van der Waals surface area contributed by atoms with Crippen molar-refractivity contribution in [2.75, 3.05) is 6.54 Å². The number of hydrogen-bond acceptors (Lipinski definition) is 5. The van der Waals surface area contributed by atoms with Gasteiger partial charge in [0.1, 0.15) is 5.54 Å². The van der Waals surface area contributed by atoms with E-state index in [-0.39, 0.29) is 5.54 Å². The van der Waals surface area contributed by atoms with Gasteiger partial charge in [-0.1, -0.05) is 12.2 Å². The van der Waals surface area contributed by atoms with E-state index in [9.17, 15) is 0 Å².